The van der Waals surface area contributed by atoms with Crippen LogP contribution >= 0.6 is 11.3 Å². The van der Waals surface area contributed by atoms with Crippen molar-refractivity contribution in [3.8, 4) is 16.5 Å². The zero-order valence-corrected chi connectivity index (χ0v) is 9.17. The Bertz CT molecular complexity index is 472. The van der Waals surface area contributed by atoms with Gasteiger partial charge in [-0.3, -0.25) is 5.10 Å². The molecule has 5 heteroatoms. The summed E-state index contributed by atoms with van der Waals surface area (Å²) in [6.45, 7) is 0. The Balaban J connectivity index is 1.90. The Morgan fingerprint density at radius 3 is 3.07 bits per heavy atom. The zero-order valence-electron chi connectivity index (χ0n) is 8.36. The van der Waals surface area contributed by atoms with Crippen molar-refractivity contribution in [1.29, 1.82) is 0 Å². The van der Waals surface area contributed by atoms with Crippen LogP contribution in [0.4, 0.5) is 0 Å². The molecule has 0 bridgehead atoms. The maximum absolute atomic E-state index is 5.13. The molecule has 0 saturated heterocycles. The van der Waals surface area contributed by atoms with E-state index in [9.17, 15) is 0 Å². The fourth-order valence-electron chi connectivity index (χ4n) is 1.47. The van der Waals surface area contributed by atoms with E-state index in [1.807, 2.05) is 11.4 Å². The van der Waals surface area contributed by atoms with Gasteiger partial charge in [0.05, 0.1) is 12.0 Å². The van der Waals surface area contributed by atoms with E-state index in [1.165, 1.54) is 12.8 Å². The van der Waals surface area contributed by atoms with E-state index in [-0.39, 0.29) is 0 Å². The summed E-state index contributed by atoms with van der Waals surface area (Å²) in [4.78, 5) is 5.53. The summed E-state index contributed by atoms with van der Waals surface area (Å²) in [5.74, 6) is 3.29. The van der Waals surface area contributed by atoms with Gasteiger partial charge in [0.2, 0.25) is 0 Å². The van der Waals surface area contributed by atoms with E-state index in [4.69, 9.17) is 4.74 Å². The first-order valence-electron chi connectivity index (χ1n) is 4.92. The van der Waals surface area contributed by atoms with Crippen LogP contribution in [0.3, 0.4) is 0 Å². The highest BCUT2D eigenvalue weighted by Gasteiger charge is 2.27. The Morgan fingerprint density at radius 2 is 2.40 bits per heavy atom. The molecule has 1 aliphatic carbocycles. The number of aromatic nitrogens is 3. The summed E-state index contributed by atoms with van der Waals surface area (Å²) >= 11 is 1.60. The predicted octanol–water partition coefficient (Wildman–Crippen LogP) is 2.42. The number of nitrogens with one attached hydrogen (secondary N) is 1. The van der Waals surface area contributed by atoms with Crippen molar-refractivity contribution in [3.05, 3.63) is 17.3 Å². The van der Waals surface area contributed by atoms with Crippen LogP contribution in [0.25, 0.3) is 10.7 Å². The lowest BCUT2D eigenvalue weighted by Crippen LogP contribution is -1.80. The first-order chi connectivity index (χ1) is 7.36. The van der Waals surface area contributed by atoms with Crippen LogP contribution in [-0.2, 0) is 0 Å². The van der Waals surface area contributed by atoms with Crippen molar-refractivity contribution in [2.75, 3.05) is 7.11 Å². The minimum Gasteiger partial charge on any atom is -0.496 e. The Kier molecular flexibility index (Phi) is 1.98. The van der Waals surface area contributed by atoms with Crippen LogP contribution in [0.2, 0.25) is 0 Å². The minimum atomic E-state index is 0.619. The van der Waals surface area contributed by atoms with Crippen molar-refractivity contribution in [2.45, 2.75) is 18.8 Å². The third-order valence-electron chi connectivity index (χ3n) is 2.50. The maximum Gasteiger partial charge on any atom is 0.191 e. The highest BCUT2D eigenvalue weighted by molar-refractivity contribution is 7.13. The van der Waals surface area contributed by atoms with Gasteiger partial charge in [-0.15, -0.1) is 11.3 Å². The molecule has 0 unspecified atom stereocenters. The molecule has 15 heavy (non-hydrogen) atoms. The number of thiophene rings is 1. The first-order valence-corrected chi connectivity index (χ1v) is 5.80. The van der Waals surface area contributed by atoms with Crippen molar-refractivity contribution in [2.24, 2.45) is 0 Å². The molecule has 2 heterocycles. The normalized spacial score (nSPS) is 15.5. The molecule has 4 nitrogen and oxygen atoms in total. The smallest absolute Gasteiger partial charge is 0.191 e. The van der Waals surface area contributed by atoms with E-state index >= 15 is 0 Å². The van der Waals surface area contributed by atoms with E-state index in [1.54, 1.807) is 18.4 Å². The number of aromatic amines is 1. The molecular formula is C10H11N3OS. The summed E-state index contributed by atoms with van der Waals surface area (Å²) in [6.07, 6.45) is 2.48. The summed E-state index contributed by atoms with van der Waals surface area (Å²) in [6, 6.07) is 1.96. The van der Waals surface area contributed by atoms with Gasteiger partial charge in [0.25, 0.3) is 0 Å². The number of ether oxygens (including phenoxy) is 1. The Hall–Kier alpha value is -1.36. The van der Waals surface area contributed by atoms with Gasteiger partial charge in [-0.2, -0.15) is 5.10 Å². The molecule has 1 saturated carbocycles. The van der Waals surface area contributed by atoms with Crippen molar-refractivity contribution in [1.82, 2.24) is 15.2 Å². The lowest BCUT2D eigenvalue weighted by molar-refractivity contribution is 0.417. The quantitative estimate of drug-likeness (QED) is 0.866. The molecular weight excluding hydrogens is 210 g/mol. The second kappa shape index (κ2) is 3.34. The van der Waals surface area contributed by atoms with Gasteiger partial charge < -0.3 is 4.74 Å². The number of methoxy groups -OCH3 is 1. The summed E-state index contributed by atoms with van der Waals surface area (Å²) < 4.78 is 5.13. The third kappa shape index (κ3) is 1.63. The summed E-state index contributed by atoms with van der Waals surface area (Å²) in [7, 11) is 1.67. The maximum atomic E-state index is 5.13. The molecule has 0 aliphatic heterocycles. The number of hydrogen-bond acceptors (Lipinski definition) is 4. The lowest BCUT2D eigenvalue weighted by atomic mass is 10.4. The highest BCUT2D eigenvalue weighted by atomic mass is 32.1. The molecule has 2 aromatic heterocycles. The fourth-order valence-corrected chi connectivity index (χ4v) is 2.26. The second-order valence-electron chi connectivity index (χ2n) is 3.67. The van der Waals surface area contributed by atoms with E-state index in [2.05, 4.69) is 15.2 Å². The van der Waals surface area contributed by atoms with Crippen molar-refractivity contribution < 1.29 is 4.74 Å². The number of rotatable bonds is 3. The van der Waals surface area contributed by atoms with Crippen LogP contribution in [0.1, 0.15) is 24.6 Å². The SMILES string of the molecule is COc1csc(-c2n[nH]c(C3CC3)n2)c1. The topological polar surface area (TPSA) is 50.8 Å². The van der Waals surface area contributed by atoms with Gasteiger partial charge in [0, 0.05) is 17.4 Å². The van der Waals surface area contributed by atoms with Gasteiger partial charge in [-0.25, -0.2) is 4.98 Å². The largest absolute Gasteiger partial charge is 0.496 e. The Morgan fingerprint density at radius 1 is 1.53 bits per heavy atom. The van der Waals surface area contributed by atoms with Gasteiger partial charge in [-0.1, -0.05) is 0 Å². The fraction of sp³-hybridized carbons (Fsp3) is 0.400. The molecule has 0 atom stereocenters. The number of hydrogen-bond donors (Lipinski definition) is 1. The summed E-state index contributed by atoms with van der Waals surface area (Å²) in [5, 5.41) is 9.17. The molecule has 0 radical (unpaired) electrons. The number of nitrogens with zero attached hydrogens (tertiary/aromatic N) is 2. The van der Waals surface area contributed by atoms with E-state index in [0.717, 1.165) is 22.3 Å². The molecule has 0 amide bonds. The van der Waals surface area contributed by atoms with Crippen LogP contribution in [-0.4, -0.2) is 22.3 Å². The molecule has 0 spiro atoms. The van der Waals surface area contributed by atoms with Crippen LogP contribution in [0, 0.1) is 0 Å². The van der Waals surface area contributed by atoms with E-state index in [0.29, 0.717) is 5.92 Å². The average molecular weight is 221 g/mol. The van der Waals surface area contributed by atoms with Crippen LogP contribution in [0.15, 0.2) is 11.4 Å². The molecule has 1 N–H and O–H groups in total. The molecule has 78 valence electrons. The van der Waals surface area contributed by atoms with Gasteiger partial charge >= 0.3 is 0 Å². The molecule has 0 aromatic carbocycles. The molecule has 1 fully saturated rings. The average Bonchev–Trinajstić information content (AvgIpc) is 2.84. The van der Waals surface area contributed by atoms with Crippen molar-refractivity contribution >= 4 is 11.3 Å². The Labute approximate surface area is 91.3 Å². The zero-order chi connectivity index (χ0) is 10.3. The van der Waals surface area contributed by atoms with Crippen LogP contribution in [0.5, 0.6) is 5.75 Å². The molecule has 2 aromatic rings. The predicted molar refractivity (Wildman–Crippen MR) is 58.2 cm³/mol. The monoisotopic (exact) mass is 221 g/mol. The molecule has 3 rings (SSSR count). The van der Waals surface area contributed by atoms with Crippen molar-refractivity contribution in [3.63, 3.8) is 0 Å². The van der Waals surface area contributed by atoms with Gasteiger partial charge in [0.15, 0.2) is 5.82 Å². The first kappa shape index (κ1) is 8.91. The third-order valence-corrected chi connectivity index (χ3v) is 3.40. The van der Waals surface area contributed by atoms with E-state index < -0.39 is 0 Å². The minimum absolute atomic E-state index is 0.619. The lowest BCUT2D eigenvalue weighted by Gasteiger charge is -1.89. The highest BCUT2D eigenvalue weighted by Crippen LogP contribution is 2.39. The number of H-pyrrole nitrogens is 1. The second-order valence-corrected chi connectivity index (χ2v) is 4.58. The van der Waals surface area contributed by atoms with Crippen LogP contribution < -0.4 is 4.74 Å². The van der Waals surface area contributed by atoms with Gasteiger partial charge in [0.1, 0.15) is 11.6 Å². The standard InChI is InChI=1S/C10H11N3OS/c1-14-7-4-8(15-5-7)10-11-9(12-13-10)6-2-3-6/h4-6H,2-3H2,1H3,(H,11,12,13). The molecule has 1 aliphatic rings. The summed E-state index contributed by atoms with van der Waals surface area (Å²) in [5.41, 5.74) is 0. The van der Waals surface area contributed by atoms with Gasteiger partial charge in [-0.05, 0) is 12.8 Å².